The smallest absolute Gasteiger partial charge is 0.261 e. The molecule has 2 rings (SSSR count). The molecule has 0 N–H and O–H groups in total. The Morgan fingerprint density at radius 3 is 2.30 bits per heavy atom. The van der Waals surface area contributed by atoms with Crippen LogP contribution in [0.5, 0.6) is 11.5 Å². The lowest BCUT2D eigenvalue weighted by molar-refractivity contribution is 0.478. The molecule has 0 heterocycles. The number of rotatable bonds is 3. The van der Waals surface area contributed by atoms with Gasteiger partial charge < -0.3 is 4.74 Å². The second kappa shape index (κ2) is 5.82. The fraction of sp³-hybridized carbons (Fsp3) is 0.0769. The quantitative estimate of drug-likeness (QED) is 0.729. The highest BCUT2D eigenvalue weighted by atomic mass is 35.7. The van der Waals surface area contributed by atoms with Crippen molar-refractivity contribution in [2.24, 2.45) is 0 Å². The normalized spacial score (nSPS) is 11.4. The topological polar surface area (TPSA) is 43.4 Å². The molecule has 0 fully saturated rings. The third kappa shape index (κ3) is 3.58. The molecule has 2 aromatic rings. The summed E-state index contributed by atoms with van der Waals surface area (Å²) in [5.41, 5.74) is 0.875. The molecule has 0 bridgehead atoms. The van der Waals surface area contributed by atoms with Gasteiger partial charge in [-0.2, -0.15) is 0 Å². The van der Waals surface area contributed by atoms with E-state index in [-0.39, 0.29) is 9.92 Å². The standard InChI is InChI=1S/C13H9Cl3O3S/c1-8-2-3-9(14)6-13(8)19-12-5-4-10(7-11(12)15)20(16,17)18/h2-7H,1H3. The van der Waals surface area contributed by atoms with E-state index in [9.17, 15) is 8.42 Å². The van der Waals surface area contributed by atoms with Crippen molar-refractivity contribution in [2.45, 2.75) is 11.8 Å². The zero-order chi connectivity index (χ0) is 14.9. The average molecular weight is 352 g/mol. The van der Waals surface area contributed by atoms with Crippen LogP contribution in [0.15, 0.2) is 41.3 Å². The van der Waals surface area contributed by atoms with E-state index < -0.39 is 9.05 Å². The van der Waals surface area contributed by atoms with Gasteiger partial charge in [0.25, 0.3) is 9.05 Å². The highest BCUT2D eigenvalue weighted by Gasteiger charge is 2.14. The number of aryl methyl sites for hydroxylation is 1. The minimum Gasteiger partial charge on any atom is -0.455 e. The van der Waals surface area contributed by atoms with Gasteiger partial charge in [0.05, 0.1) is 9.92 Å². The van der Waals surface area contributed by atoms with Gasteiger partial charge in [-0.15, -0.1) is 0 Å². The maximum absolute atomic E-state index is 11.2. The highest BCUT2D eigenvalue weighted by Crippen LogP contribution is 2.34. The monoisotopic (exact) mass is 350 g/mol. The Labute approximate surface area is 131 Å². The Bertz CT molecular complexity index is 757. The third-order valence-electron chi connectivity index (χ3n) is 2.55. The Kier molecular flexibility index (Phi) is 4.49. The van der Waals surface area contributed by atoms with Crippen LogP contribution in [0.1, 0.15) is 5.56 Å². The van der Waals surface area contributed by atoms with Gasteiger partial charge in [0, 0.05) is 15.7 Å². The summed E-state index contributed by atoms with van der Waals surface area (Å²) in [5, 5.41) is 0.674. The summed E-state index contributed by atoms with van der Waals surface area (Å²) >= 11 is 11.9. The van der Waals surface area contributed by atoms with Gasteiger partial charge in [0.2, 0.25) is 0 Å². The first-order valence-electron chi connectivity index (χ1n) is 5.45. The molecule has 0 spiro atoms. The summed E-state index contributed by atoms with van der Waals surface area (Å²) in [6.07, 6.45) is 0. The van der Waals surface area contributed by atoms with E-state index in [1.54, 1.807) is 12.1 Å². The highest BCUT2D eigenvalue weighted by molar-refractivity contribution is 8.13. The number of benzene rings is 2. The molecule has 7 heteroatoms. The van der Waals surface area contributed by atoms with Gasteiger partial charge in [0.1, 0.15) is 11.5 Å². The first-order valence-corrected chi connectivity index (χ1v) is 8.52. The van der Waals surface area contributed by atoms with Crippen molar-refractivity contribution in [1.29, 1.82) is 0 Å². The van der Waals surface area contributed by atoms with Crippen LogP contribution in [-0.2, 0) is 9.05 Å². The number of halogens is 3. The Hall–Kier alpha value is -0.940. The van der Waals surface area contributed by atoms with Crippen LogP contribution in [0.3, 0.4) is 0 Å². The molecule has 0 aliphatic carbocycles. The van der Waals surface area contributed by atoms with E-state index in [2.05, 4.69) is 0 Å². The van der Waals surface area contributed by atoms with Crippen molar-refractivity contribution in [2.75, 3.05) is 0 Å². The summed E-state index contributed by atoms with van der Waals surface area (Å²) < 4.78 is 28.0. The van der Waals surface area contributed by atoms with Crippen molar-refractivity contribution in [1.82, 2.24) is 0 Å². The zero-order valence-electron chi connectivity index (χ0n) is 10.2. The molecular weight excluding hydrogens is 343 g/mol. The molecule has 0 saturated carbocycles. The number of hydrogen-bond donors (Lipinski definition) is 0. The summed E-state index contributed by atoms with van der Waals surface area (Å²) in [4.78, 5) is -0.0840. The van der Waals surface area contributed by atoms with Crippen LogP contribution in [0.25, 0.3) is 0 Å². The van der Waals surface area contributed by atoms with Crippen LogP contribution in [0, 0.1) is 6.92 Å². The van der Waals surface area contributed by atoms with E-state index in [4.69, 9.17) is 38.6 Å². The van der Waals surface area contributed by atoms with E-state index >= 15 is 0 Å². The van der Waals surface area contributed by atoms with Crippen molar-refractivity contribution < 1.29 is 13.2 Å². The Balaban J connectivity index is 2.38. The number of ether oxygens (including phenoxy) is 1. The van der Waals surface area contributed by atoms with Crippen LogP contribution < -0.4 is 4.74 Å². The lowest BCUT2D eigenvalue weighted by Crippen LogP contribution is -1.93. The van der Waals surface area contributed by atoms with Crippen LogP contribution in [0.4, 0.5) is 0 Å². The van der Waals surface area contributed by atoms with E-state index in [1.165, 1.54) is 18.2 Å². The molecule has 0 amide bonds. The average Bonchev–Trinajstić information content (AvgIpc) is 2.35. The minimum atomic E-state index is -3.82. The molecule has 2 aromatic carbocycles. The summed E-state index contributed by atoms with van der Waals surface area (Å²) in [7, 11) is 1.43. The minimum absolute atomic E-state index is 0.0840. The van der Waals surface area contributed by atoms with Gasteiger partial charge in [-0.3, -0.25) is 0 Å². The molecule has 0 atom stereocenters. The van der Waals surface area contributed by atoms with Gasteiger partial charge >= 0.3 is 0 Å². The summed E-state index contributed by atoms with van der Waals surface area (Å²) in [5.74, 6) is 0.863. The van der Waals surface area contributed by atoms with Crippen molar-refractivity contribution in [3.05, 3.63) is 52.0 Å². The second-order valence-electron chi connectivity index (χ2n) is 4.04. The lowest BCUT2D eigenvalue weighted by atomic mass is 10.2. The second-order valence-corrected chi connectivity index (χ2v) is 7.45. The van der Waals surface area contributed by atoms with E-state index in [1.807, 2.05) is 13.0 Å². The third-order valence-corrected chi connectivity index (χ3v) is 4.44. The first-order chi connectivity index (χ1) is 9.27. The van der Waals surface area contributed by atoms with Gasteiger partial charge in [-0.25, -0.2) is 8.42 Å². The maximum atomic E-state index is 11.2. The molecule has 3 nitrogen and oxygen atoms in total. The van der Waals surface area contributed by atoms with E-state index in [0.717, 1.165) is 5.56 Å². The molecule has 20 heavy (non-hydrogen) atoms. The summed E-state index contributed by atoms with van der Waals surface area (Å²) in [6, 6.07) is 9.21. The van der Waals surface area contributed by atoms with E-state index in [0.29, 0.717) is 16.5 Å². The molecule has 0 aliphatic heterocycles. The predicted octanol–water partition coefficient (Wildman–Crippen LogP) is 5.02. The lowest BCUT2D eigenvalue weighted by Gasteiger charge is -2.11. The van der Waals surface area contributed by atoms with Crippen molar-refractivity contribution in [3.8, 4) is 11.5 Å². The summed E-state index contributed by atoms with van der Waals surface area (Å²) in [6.45, 7) is 1.86. The number of hydrogen-bond acceptors (Lipinski definition) is 3. The fourth-order valence-corrected chi connectivity index (χ4v) is 2.74. The SMILES string of the molecule is Cc1ccc(Cl)cc1Oc1ccc(S(=O)(=O)Cl)cc1Cl. The molecule has 0 unspecified atom stereocenters. The fourth-order valence-electron chi connectivity index (χ4n) is 1.52. The zero-order valence-corrected chi connectivity index (χ0v) is 13.3. The first kappa shape index (κ1) is 15.4. The molecule has 0 aliphatic rings. The Morgan fingerprint density at radius 1 is 1.00 bits per heavy atom. The molecule has 0 saturated heterocycles. The van der Waals surface area contributed by atoms with Crippen LogP contribution in [0.2, 0.25) is 10.0 Å². The van der Waals surface area contributed by atoms with Crippen LogP contribution >= 0.6 is 33.9 Å². The molecule has 106 valence electrons. The molecule has 0 radical (unpaired) electrons. The molecule has 0 aromatic heterocycles. The Morgan fingerprint density at radius 2 is 1.70 bits per heavy atom. The van der Waals surface area contributed by atoms with Gasteiger partial charge in [-0.05, 0) is 42.8 Å². The predicted molar refractivity (Wildman–Crippen MR) is 80.8 cm³/mol. The van der Waals surface area contributed by atoms with Gasteiger partial charge in [0.15, 0.2) is 0 Å². The van der Waals surface area contributed by atoms with Crippen molar-refractivity contribution >= 4 is 42.9 Å². The van der Waals surface area contributed by atoms with Gasteiger partial charge in [-0.1, -0.05) is 29.3 Å². The largest absolute Gasteiger partial charge is 0.455 e. The van der Waals surface area contributed by atoms with Crippen LogP contribution in [-0.4, -0.2) is 8.42 Å². The van der Waals surface area contributed by atoms with Crippen molar-refractivity contribution in [3.63, 3.8) is 0 Å². The molecular formula is C13H9Cl3O3S. The maximum Gasteiger partial charge on any atom is 0.261 e.